The number of ether oxygens (including phenoxy) is 4. The third kappa shape index (κ3) is 3.57. The van der Waals surface area contributed by atoms with E-state index in [2.05, 4.69) is 0 Å². The Morgan fingerprint density at radius 2 is 1.55 bits per heavy atom. The van der Waals surface area contributed by atoms with Crippen LogP contribution in [0.3, 0.4) is 0 Å². The lowest BCUT2D eigenvalue weighted by atomic mass is 9.99. The van der Waals surface area contributed by atoms with Crippen LogP contribution in [-0.2, 0) is 0 Å². The summed E-state index contributed by atoms with van der Waals surface area (Å²) < 4.78 is 32.4. The quantitative estimate of drug-likeness (QED) is 0.433. The fraction of sp³-hybridized carbons (Fsp3) is 0.250. The Bertz CT molecular complexity index is 1030. The molecule has 8 nitrogen and oxygen atoms in total. The molecule has 0 radical (unpaired) electrons. The Morgan fingerprint density at radius 1 is 0.931 bits per heavy atom. The van der Waals surface area contributed by atoms with Crippen molar-refractivity contribution in [3.63, 3.8) is 0 Å². The zero-order valence-corrected chi connectivity index (χ0v) is 17.6. The summed E-state index contributed by atoms with van der Waals surface area (Å²) in [6.07, 6.45) is 0. The van der Waals surface area contributed by atoms with E-state index in [9.17, 15) is 9.69 Å². The van der Waals surface area contributed by atoms with Gasteiger partial charge in [0.1, 0.15) is 5.76 Å². The minimum absolute atomic E-state index is 0.234. The molecule has 0 aliphatic heterocycles. The Balaban J connectivity index is 2.20. The van der Waals surface area contributed by atoms with Gasteiger partial charge in [-0.15, -0.1) is 0 Å². The summed E-state index contributed by atoms with van der Waals surface area (Å²) in [4.78, 5) is 22.6. The molecule has 0 aliphatic carbocycles. The van der Waals surface area contributed by atoms with Crippen molar-refractivity contribution in [2.75, 3.05) is 28.4 Å². The summed E-state index contributed by atoms with van der Waals surface area (Å²) in [6, 6.07) is 6.53. The second-order valence-electron chi connectivity index (χ2n) is 5.94. The molecule has 0 spiro atoms. The second kappa shape index (κ2) is 8.59. The summed E-state index contributed by atoms with van der Waals surface area (Å²) in [5, 5.41) is 0.537. The van der Waals surface area contributed by atoms with E-state index in [0.717, 1.165) is 0 Å². The molecule has 1 N–H and O–H groups in total. The first-order chi connectivity index (χ1) is 14.0. The van der Waals surface area contributed by atoms with Gasteiger partial charge >= 0.3 is 0 Å². The van der Waals surface area contributed by atoms with Gasteiger partial charge in [0.15, 0.2) is 28.6 Å². The highest BCUT2D eigenvalue weighted by atomic mass is 31.1. The molecular formula is C20H21O8P. The van der Waals surface area contributed by atoms with Crippen molar-refractivity contribution in [1.82, 2.24) is 0 Å². The Kier molecular flexibility index (Phi) is 6.15. The molecule has 2 aromatic carbocycles. The van der Waals surface area contributed by atoms with Crippen LogP contribution in [-0.4, -0.2) is 39.1 Å². The molecular weight excluding hydrogens is 399 g/mol. The van der Waals surface area contributed by atoms with Crippen molar-refractivity contribution in [2.45, 2.75) is 6.92 Å². The predicted octanol–water partition coefficient (Wildman–Crippen LogP) is 3.89. The van der Waals surface area contributed by atoms with Crippen LogP contribution in [0, 0.1) is 6.92 Å². The van der Waals surface area contributed by atoms with Crippen molar-refractivity contribution in [1.29, 1.82) is 0 Å². The van der Waals surface area contributed by atoms with Crippen LogP contribution in [0.4, 0.5) is 0 Å². The number of hydrogen-bond donors (Lipinski definition) is 1. The summed E-state index contributed by atoms with van der Waals surface area (Å²) in [5.41, 5.74) is 1.02. The number of benzene rings is 2. The van der Waals surface area contributed by atoms with E-state index >= 15 is 0 Å². The number of hydrogen-bond acceptors (Lipinski definition) is 8. The maximum Gasteiger partial charge on any atom is 0.213 e. The van der Waals surface area contributed by atoms with E-state index in [1.54, 1.807) is 31.2 Å². The van der Waals surface area contributed by atoms with Gasteiger partial charge in [0, 0.05) is 10.9 Å². The molecule has 1 atom stereocenters. The fourth-order valence-electron chi connectivity index (χ4n) is 3.18. The van der Waals surface area contributed by atoms with Crippen molar-refractivity contribution in [3.05, 3.63) is 41.2 Å². The van der Waals surface area contributed by atoms with Gasteiger partial charge < -0.3 is 32.8 Å². The Hall–Kier alpha value is -2.96. The fourth-order valence-corrected chi connectivity index (χ4v) is 3.46. The van der Waals surface area contributed by atoms with Crippen LogP contribution in [0.5, 0.6) is 28.7 Å². The molecule has 154 valence electrons. The molecule has 1 heterocycles. The van der Waals surface area contributed by atoms with Gasteiger partial charge in [-0.2, -0.15) is 0 Å². The van der Waals surface area contributed by atoms with Crippen molar-refractivity contribution in [3.8, 4) is 28.7 Å². The number of rotatable bonds is 8. The molecule has 0 saturated heterocycles. The molecule has 0 bridgehead atoms. The van der Waals surface area contributed by atoms with E-state index in [4.69, 9.17) is 27.9 Å². The summed E-state index contributed by atoms with van der Waals surface area (Å²) >= 11 is 0. The highest BCUT2D eigenvalue weighted by molar-refractivity contribution is 7.25. The number of fused-ring (bicyclic) bond motifs is 1. The maximum absolute atomic E-state index is 13.4. The van der Waals surface area contributed by atoms with E-state index in [1.807, 2.05) is 0 Å². The number of furan rings is 1. The molecule has 1 unspecified atom stereocenters. The molecule has 3 rings (SSSR count). The first-order valence-electron chi connectivity index (χ1n) is 8.51. The highest BCUT2D eigenvalue weighted by Crippen LogP contribution is 2.43. The van der Waals surface area contributed by atoms with Crippen LogP contribution >= 0.6 is 9.03 Å². The molecule has 0 aliphatic rings. The summed E-state index contributed by atoms with van der Waals surface area (Å²) in [7, 11) is 5.13. The highest BCUT2D eigenvalue weighted by Gasteiger charge is 2.26. The number of methoxy groups -OCH3 is 4. The summed E-state index contributed by atoms with van der Waals surface area (Å²) in [6.45, 7) is 1.68. The predicted molar refractivity (Wildman–Crippen MR) is 108 cm³/mol. The van der Waals surface area contributed by atoms with Gasteiger partial charge in [0.05, 0.1) is 34.0 Å². The number of ketones is 1. The van der Waals surface area contributed by atoms with Crippen LogP contribution in [0.25, 0.3) is 11.0 Å². The van der Waals surface area contributed by atoms with Gasteiger partial charge in [-0.1, -0.05) is 0 Å². The van der Waals surface area contributed by atoms with Gasteiger partial charge in [0.2, 0.25) is 20.5 Å². The maximum atomic E-state index is 13.4. The lowest BCUT2D eigenvalue weighted by Gasteiger charge is -2.13. The second-order valence-corrected chi connectivity index (χ2v) is 6.33. The molecule has 29 heavy (non-hydrogen) atoms. The first-order valence-corrected chi connectivity index (χ1v) is 9.36. The van der Waals surface area contributed by atoms with Crippen LogP contribution in [0.2, 0.25) is 0 Å². The SMILES string of the molecule is COc1cc(C(=O)c2c(C)oc3c(OPO)c(OC)ccc23)cc(OC)c1OC. The lowest BCUT2D eigenvalue weighted by molar-refractivity contribution is 0.103. The molecule has 3 aromatic rings. The largest absolute Gasteiger partial charge is 0.493 e. The molecule has 0 fully saturated rings. The van der Waals surface area contributed by atoms with E-state index < -0.39 is 9.03 Å². The number of aryl methyl sites for hydroxylation is 1. The zero-order valence-electron chi connectivity index (χ0n) is 16.6. The van der Waals surface area contributed by atoms with Crippen LogP contribution in [0.1, 0.15) is 21.7 Å². The van der Waals surface area contributed by atoms with E-state index in [-0.39, 0.29) is 11.5 Å². The lowest BCUT2D eigenvalue weighted by Crippen LogP contribution is -2.05. The van der Waals surface area contributed by atoms with Crippen molar-refractivity contribution >= 4 is 25.8 Å². The standard InChI is InChI=1S/C20H21O8P/c1-10-16(12-6-7-13(23-2)20(28-29-22)18(12)27-10)17(21)11-8-14(24-3)19(26-5)15(9-11)25-4/h6-9,22,29H,1-5H3. The molecule has 1 aromatic heterocycles. The number of carbonyl (C=O) groups excluding carboxylic acids is 1. The third-order valence-corrected chi connectivity index (χ3v) is 4.77. The van der Waals surface area contributed by atoms with Crippen molar-refractivity contribution < 1.29 is 37.6 Å². The zero-order chi connectivity index (χ0) is 21.1. The van der Waals surface area contributed by atoms with Gasteiger partial charge in [-0.25, -0.2) is 0 Å². The molecule has 0 saturated carbocycles. The van der Waals surface area contributed by atoms with Crippen LogP contribution < -0.4 is 23.5 Å². The van der Waals surface area contributed by atoms with Gasteiger partial charge in [-0.05, 0) is 31.2 Å². The summed E-state index contributed by atoms with van der Waals surface area (Å²) in [5.74, 6) is 1.86. The van der Waals surface area contributed by atoms with E-state index in [1.165, 1.54) is 28.4 Å². The minimum Gasteiger partial charge on any atom is -0.493 e. The number of carbonyl (C=O) groups is 1. The Morgan fingerprint density at radius 3 is 2.07 bits per heavy atom. The van der Waals surface area contributed by atoms with Gasteiger partial charge in [0.25, 0.3) is 0 Å². The normalized spacial score (nSPS) is 11.1. The first kappa shape index (κ1) is 20.8. The minimum atomic E-state index is -0.806. The average Bonchev–Trinajstić information content (AvgIpc) is 3.08. The van der Waals surface area contributed by atoms with Gasteiger partial charge in [-0.3, -0.25) is 4.79 Å². The topological polar surface area (TPSA) is 96.6 Å². The monoisotopic (exact) mass is 420 g/mol. The Labute approximate surface area is 169 Å². The van der Waals surface area contributed by atoms with Crippen molar-refractivity contribution in [2.24, 2.45) is 0 Å². The third-order valence-electron chi connectivity index (χ3n) is 4.47. The molecule has 9 heteroatoms. The van der Waals surface area contributed by atoms with Crippen LogP contribution in [0.15, 0.2) is 28.7 Å². The average molecular weight is 420 g/mol. The molecule has 0 amide bonds. The smallest absolute Gasteiger partial charge is 0.213 e. The van der Waals surface area contributed by atoms with E-state index in [0.29, 0.717) is 50.9 Å².